The van der Waals surface area contributed by atoms with Crippen LogP contribution in [0.4, 0.5) is 0 Å². The SMILES string of the molecule is C=CCOP(=O)(OCC=C)Oc1c(Cc2ccco2)nc2c(Cc3ccccc3)nc(-c3ccccc3)cn12. The standard InChI is InChI=1S/C30H28N3O5P/c1-3-17-36-39(34,37-18-4-2)38-30-27(21-25-16-11-19-35-25)32-29-26(20-23-12-7-5-8-13-23)31-28(22-33(29)30)24-14-9-6-10-15-24/h3-16,19,22H,1-2,17-18,20-21H2. The lowest BCUT2D eigenvalue weighted by atomic mass is 10.1. The van der Waals surface area contributed by atoms with Crippen molar-refractivity contribution in [3.8, 4) is 17.1 Å². The molecule has 5 rings (SSSR count). The number of nitrogens with zero attached hydrogens (tertiary/aromatic N) is 3. The zero-order valence-electron chi connectivity index (χ0n) is 21.3. The molecule has 9 heteroatoms. The van der Waals surface area contributed by atoms with Crippen molar-refractivity contribution >= 4 is 13.5 Å². The Kier molecular flexibility index (Phi) is 8.18. The molecule has 0 radical (unpaired) electrons. The van der Waals surface area contributed by atoms with Gasteiger partial charge >= 0.3 is 7.82 Å². The molecule has 5 aromatic rings. The first-order chi connectivity index (χ1) is 19.1. The maximum atomic E-state index is 13.7. The molecule has 3 heterocycles. The molecule has 0 saturated carbocycles. The number of rotatable bonds is 13. The summed E-state index contributed by atoms with van der Waals surface area (Å²) in [6.07, 6.45) is 7.17. The van der Waals surface area contributed by atoms with Gasteiger partial charge in [0.05, 0.1) is 37.3 Å². The smallest absolute Gasteiger partial charge is 0.469 e. The minimum atomic E-state index is -4.09. The summed E-state index contributed by atoms with van der Waals surface area (Å²) in [6.45, 7) is 7.21. The lowest BCUT2D eigenvalue weighted by molar-refractivity contribution is 0.178. The van der Waals surface area contributed by atoms with E-state index < -0.39 is 7.82 Å². The van der Waals surface area contributed by atoms with Crippen LogP contribution in [0, 0.1) is 0 Å². The van der Waals surface area contributed by atoms with Crippen LogP contribution in [0.15, 0.2) is 115 Å². The summed E-state index contributed by atoms with van der Waals surface area (Å²) in [6, 6.07) is 23.5. The maximum absolute atomic E-state index is 13.7. The molecule has 0 atom stereocenters. The molecule has 0 unspecified atom stereocenters. The minimum Gasteiger partial charge on any atom is -0.469 e. The zero-order chi connectivity index (χ0) is 27.1. The highest BCUT2D eigenvalue weighted by Gasteiger charge is 2.32. The Hall–Kier alpha value is -4.23. The first kappa shape index (κ1) is 26.4. The summed E-state index contributed by atoms with van der Waals surface area (Å²) >= 11 is 0. The van der Waals surface area contributed by atoms with Gasteiger partial charge in [-0.3, -0.25) is 13.4 Å². The van der Waals surface area contributed by atoms with Crippen molar-refractivity contribution < 1.29 is 22.6 Å². The second-order valence-electron chi connectivity index (χ2n) is 8.62. The first-order valence-electron chi connectivity index (χ1n) is 12.4. The van der Waals surface area contributed by atoms with Gasteiger partial charge in [0.2, 0.25) is 5.88 Å². The quantitative estimate of drug-likeness (QED) is 0.116. The summed E-state index contributed by atoms with van der Waals surface area (Å²) in [4.78, 5) is 9.90. The number of phosphoric acid groups is 1. The Balaban J connectivity index is 1.70. The van der Waals surface area contributed by atoms with Crippen molar-refractivity contribution in [2.75, 3.05) is 13.2 Å². The van der Waals surface area contributed by atoms with Gasteiger partial charge in [0.1, 0.15) is 11.5 Å². The average Bonchev–Trinajstić information content (AvgIpc) is 3.60. The molecule has 0 amide bonds. The fourth-order valence-electron chi connectivity index (χ4n) is 4.06. The van der Waals surface area contributed by atoms with E-state index in [2.05, 4.69) is 13.2 Å². The Morgan fingerprint density at radius 1 is 0.846 bits per heavy atom. The van der Waals surface area contributed by atoms with Gasteiger partial charge in [-0.25, -0.2) is 14.5 Å². The molecule has 3 aromatic heterocycles. The van der Waals surface area contributed by atoms with Crippen LogP contribution in [0.1, 0.15) is 22.7 Å². The number of benzene rings is 2. The van der Waals surface area contributed by atoms with Crippen LogP contribution in [0.2, 0.25) is 0 Å². The molecule has 0 bridgehead atoms. The largest absolute Gasteiger partial charge is 0.531 e. The lowest BCUT2D eigenvalue weighted by Crippen LogP contribution is -2.07. The highest BCUT2D eigenvalue weighted by molar-refractivity contribution is 7.48. The lowest BCUT2D eigenvalue weighted by Gasteiger charge is -2.18. The fraction of sp³-hybridized carbons (Fsp3) is 0.133. The molecule has 198 valence electrons. The van der Waals surface area contributed by atoms with Gasteiger partial charge in [0, 0.05) is 18.2 Å². The monoisotopic (exact) mass is 541 g/mol. The van der Waals surface area contributed by atoms with E-state index in [9.17, 15) is 4.57 Å². The van der Waals surface area contributed by atoms with Crippen LogP contribution >= 0.6 is 7.82 Å². The van der Waals surface area contributed by atoms with Crippen molar-refractivity contribution in [2.45, 2.75) is 12.8 Å². The van der Waals surface area contributed by atoms with Crippen LogP contribution in [-0.2, 0) is 26.5 Å². The molecule has 39 heavy (non-hydrogen) atoms. The molecule has 0 saturated heterocycles. The highest BCUT2D eigenvalue weighted by Crippen LogP contribution is 2.50. The van der Waals surface area contributed by atoms with E-state index in [-0.39, 0.29) is 19.1 Å². The van der Waals surface area contributed by atoms with Gasteiger partial charge in [-0.05, 0) is 17.7 Å². The number of aromatic nitrogens is 3. The molecule has 8 nitrogen and oxygen atoms in total. The molecule has 0 fully saturated rings. The Bertz CT molecular complexity index is 1580. The van der Waals surface area contributed by atoms with Gasteiger partial charge in [-0.15, -0.1) is 13.2 Å². The Labute approximate surface area is 226 Å². The number of hydrogen-bond acceptors (Lipinski definition) is 7. The number of hydrogen-bond donors (Lipinski definition) is 0. The summed E-state index contributed by atoms with van der Waals surface area (Å²) in [7, 11) is -4.09. The third kappa shape index (κ3) is 6.26. The summed E-state index contributed by atoms with van der Waals surface area (Å²) in [5.41, 5.74) is 4.48. The third-order valence-corrected chi connectivity index (χ3v) is 7.13. The molecule has 0 aliphatic heterocycles. The third-order valence-electron chi connectivity index (χ3n) is 5.80. The van der Waals surface area contributed by atoms with E-state index >= 15 is 0 Å². The second-order valence-corrected chi connectivity index (χ2v) is 10.2. The van der Waals surface area contributed by atoms with Gasteiger partial charge in [0.15, 0.2) is 5.65 Å². The van der Waals surface area contributed by atoms with Crippen molar-refractivity contribution in [3.05, 3.63) is 133 Å². The van der Waals surface area contributed by atoms with Crippen LogP contribution in [0.5, 0.6) is 5.88 Å². The summed E-state index contributed by atoms with van der Waals surface area (Å²) in [5, 5.41) is 0. The molecule has 0 aliphatic rings. The fourth-order valence-corrected chi connectivity index (χ4v) is 5.23. The predicted molar refractivity (Wildman–Crippen MR) is 150 cm³/mol. The maximum Gasteiger partial charge on any atom is 0.531 e. The number of imidazole rings is 1. The number of phosphoric ester groups is 1. The van der Waals surface area contributed by atoms with Crippen molar-refractivity contribution in [1.29, 1.82) is 0 Å². The minimum absolute atomic E-state index is 0.0330. The van der Waals surface area contributed by atoms with Gasteiger partial charge in [-0.2, -0.15) is 0 Å². The van der Waals surface area contributed by atoms with E-state index in [4.69, 9.17) is 28.0 Å². The van der Waals surface area contributed by atoms with Crippen molar-refractivity contribution in [1.82, 2.24) is 14.4 Å². The molecule has 0 spiro atoms. The van der Waals surface area contributed by atoms with Gasteiger partial charge < -0.3 is 8.94 Å². The Morgan fingerprint density at radius 3 is 2.18 bits per heavy atom. The predicted octanol–water partition coefficient (Wildman–Crippen LogP) is 7.06. The highest BCUT2D eigenvalue weighted by atomic mass is 31.2. The molecular weight excluding hydrogens is 513 g/mol. The van der Waals surface area contributed by atoms with E-state index in [0.717, 1.165) is 16.8 Å². The van der Waals surface area contributed by atoms with E-state index in [1.54, 1.807) is 16.7 Å². The molecular formula is C30H28N3O5P. The topological polar surface area (TPSA) is 88.1 Å². The van der Waals surface area contributed by atoms with Crippen LogP contribution < -0.4 is 4.52 Å². The van der Waals surface area contributed by atoms with Crippen LogP contribution in [-0.4, -0.2) is 27.6 Å². The summed E-state index contributed by atoms with van der Waals surface area (Å²) < 4.78 is 38.1. The van der Waals surface area contributed by atoms with Crippen molar-refractivity contribution in [2.24, 2.45) is 0 Å². The first-order valence-corrected chi connectivity index (χ1v) is 13.9. The van der Waals surface area contributed by atoms with E-state index in [1.807, 2.05) is 72.9 Å². The molecule has 2 aromatic carbocycles. The zero-order valence-corrected chi connectivity index (χ0v) is 22.2. The second kappa shape index (κ2) is 12.1. The van der Waals surface area contributed by atoms with Crippen LogP contribution in [0.3, 0.4) is 0 Å². The Morgan fingerprint density at radius 2 is 1.54 bits per heavy atom. The van der Waals surface area contributed by atoms with Gasteiger partial charge in [-0.1, -0.05) is 72.8 Å². The normalized spacial score (nSPS) is 11.5. The van der Waals surface area contributed by atoms with E-state index in [0.29, 0.717) is 35.6 Å². The van der Waals surface area contributed by atoms with E-state index in [1.165, 1.54) is 12.2 Å². The summed E-state index contributed by atoms with van der Waals surface area (Å²) in [5.74, 6) is 0.879. The van der Waals surface area contributed by atoms with Gasteiger partial charge in [0.25, 0.3) is 0 Å². The van der Waals surface area contributed by atoms with Crippen molar-refractivity contribution in [3.63, 3.8) is 0 Å². The number of fused-ring (bicyclic) bond motifs is 1. The van der Waals surface area contributed by atoms with Crippen LogP contribution in [0.25, 0.3) is 16.9 Å². The molecule has 0 N–H and O–H groups in total. The average molecular weight is 542 g/mol. The number of furan rings is 1. The molecule has 0 aliphatic carbocycles.